The Labute approximate surface area is 143 Å². The van der Waals surface area contributed by atoms with Crippen molar-refractivity contribution in [2.45, 2.75) is 26.3 Å². The lowest BCUT2D eigenvalue weighted by molar-refractivity contribution is -0.114. The smallest absolute Gasteiger partial charge is 0.246 e. The van der Waals surface area contributed by atoms with Gasteiger partial charge in [0.2, 0.25) is 5.91 Å². The van der Waals surface area contributed by atoms with Crippen molar-refractivity contribution >= 4 is 27.4 Å². The molecular formula is C15H25N5O3S. The van der Waals surface area contributed by atoms with Crippen molar-refractivity contribution in [1.29, 1.82) is 0 Å². The number of carbonyl (C=O) groups excluding carboxylic acids is 1. The van der Waals surface area contributed by atoms with Crippen LogP contribution >= 0.6 is 0 Å². The maximum Gasteiger partial charge on any atom is 0.246 e. The fourth-order valence-corrected chi connectivity index (χ4v) is 2.59. The van der Waals surface area contributed by atoms with Crippen LogP contribution in [0.5, 0.6) is 0 Å². The lowest BCUT2D eigenvalue weighted by Gasteiger charge is -2.17. The summed E-state index contributed by atoms with van der Waals surface area (Å²) in [5, 5.41) is 8.81. The number of nitrogens with zero attached hydrogens (tertiary/aromatic N) is 2. The molecule has 0 bridgehead atoms. The molecule has 1 aromatic rings. The zero-order chi connectivity index (χ0) is 18.0. The van der Waals surface area contributed by atoms with Crippen LogP contribution in [0, 0.1) is 0 Å². The van der Waals surface area contributed by atoms with Crippen LogP contribution in [0.15, 0.2) is 29.5 Å². The normalized spacial score (nSPS) is 13.2. The second kappa shape index (κ2) is 9.86. The number of carbonyl (C=O) groups is 1. The number of sulfone groups is 1. The van der Waals surface area contributed by atoms with Gasteiger partial charge in [0.05, 0.1) is 17.6 Å². The zero-order valence-corrected chi connectivity index (χ0v) is 15.1. The van der Waals surface area contributed by atoms with E-state index in [4.69, 9.17) is 0 Å². The summed E-state index contributed by atoms with van der Waals surface area (Å²) < 4.78 is 22.4. The quantitative estimate of drug-likeness (QED) is 0.460. The molecule has 1 atom stereocenters. The molecule has 0 aliphatic carbocycles. The molecule has 24 heavy (non-hydrogen) atoms. The lowest BCUT2D eigenvalue weighted by Crippen LogP contribution is -2.43. The van der Waals surface area contributed by atoms with Gasteiger partial charge < -0.3 is 16.0 Å². The maximum absolute atomic E-state index is 11.9. The topological polar surface area (TPSA) is 113 Å². The average Bonchev–Trinajstić information content (AvgIpc) is 2.51. The molecule has 0 saturated carbocycles. The van der Waals surface area contributed by atoms with E-state index >= 15 is 0 Å². The van der Waals surface area contributed by atoms with Crippen molar-refractivity contribution in [1.82, 2.24) is 15.6 Å². The highest BCUT2D eigenvalue weighted by Crippen LogP contribution is 2.02. The molecule has 0 aliphatic rings. The Bertz CT molecular complexity index is 646. The van der Waals surface area contributed by atoms with E-state index in [0.29, 0.717) is 24.6 Å². The lowest BCUT2D eigenvalue weighted by atomic mass is 10.3. The third-order valence-electron chi connectivity index (χ3n) is 2.98. The second-order valence-corrected chi connectivity index (χ2v) is 7.71. The molecule has 8 nitrogen and oxygen atoms in total. The van der Waals surface area contributed by atoms with Crippen LogP contribution in [0.4, 0.5) is 5.69 Å². The first-order valence-electron chi connectivity index (χ1n) is 7.72. The minimum atomic E-state index is -3.00. The van der Waals surface area contributed by atoms with Gasteiger partial charge in [-0.1, -0.05) is 0 Å². The molecule has 1 aromatic heterocycles. The highest BCUT2D eigenvalue weighted by molar-refractivity contribution is 7.90. The molecule has 134 valence electrons. The van der Waals surface area contributed by atoms with Crippen LogP contribution < -0.4 is 16.0 Å². The third kappa shape index (κ3) is 9.09. The van der Waals surface area contributed by atoms with E-state index in [2.05, 4.69) is 25.9 Å². The Kier molecular flexibility index (Phi) is 8.17. The van der Waals surface area contributed by atoms with Crippen molar-refractivity contribution in [3.63, 3.8) is 0 Å². The molecule has 0 aromatic carbocycles. The third-order valence-corrected chi connectivity index (χ3v) is 3.95. The Morgan fingerprint density at radius 3 is 2.75 bits per heavy atom. The minimum Gasteiger partial charge on any atom is -0.357 e. The summed E-state index contributed by atoms with van der Waals surface area (Å²) >= 11 is 0. The average molecular weight is 355 g/mol. The summed E-state index contributed by atoms with van der Waals surface area (Å²) in [6.45, 7) is 4.36. The van der Waals surface area contributed by atoms with Gasteiger partial charge in [-0.2, -0.15) is 0 Å². The van der Waals surface area contributed by atoms with Gasteiger partial charge in [-0.3, -0.25) is 9.78 Å². The van der Waals surface area contributed by atoms with Gasteiger partial charge in [-0.05, 0) is 32.4 Å². The summed E-state index contributed by atoms with van der Waals surface area (Å²) in [5.74, 6) is 0.311. The molecule has 0 radical (unpaired) electrons. The van der Waals surface area contributed by atoms with Crippen LogP contribution in [0.1, 0.15) is 20.3 Å². The monoisotopic (exact) mass is 355 g/mol. The van der Waals surface area contributed by atoms with E-state index in [1.807, 2.05) is 13.8 Å². The van der Waals surface area contributed by atoms with Crippen LogP contribution in [0.3, 0.4) is 0 Å². The molecule has 0 spiro atoms. The van der Waals surface area contributed by atoms with Crippen molar-refractivity contribution in [2.24, 2.45) is 4.99 Å². The van der Waals surface area contributed by atoms with Crippen molar-refractivity contribution in [3.8, 4) is 0 Å². The summed E-state index contributed by atoms with van der Waals surface area (Å²) in [4.78, 5) is 20.0. The fourth-order valence-electron chi connectivity index (χ4n) is 1.80. The van der Waals surface area contributed by atoms with E-state index in [9.17, 15) is 13.2 Å². The van der Waals surface area contributed by atoms with Crippen molar-refractivity contribution < 1.29 is 13.2 Å². The van der Waals surface area contributed by atoms with Gasteiger partial charge >= 0.3 is 0 Å². The molecule has 9 heteroatoms. The molecule has 0 saturated heterocycles. The van der Waals surface area contributed by atoms with E-state index < -0.39 is 9.84 Å². The van der Waals surface area contributed by atoms with Crippen molar-refractivity contribution in [3.05, 3.63) is 24.5 Å². The fraction of sp³-hybridized carbons (Fsp3) is 0.533. The first-order chi connectivity index (χ1) is 11.3. The number of rotatable bonds is 8. The molecular weight excluding hydrogens is 330 g/mol. The molecule has 1 rings (SSSR count). The van der Waals surface area contributed by atoms with Crippen LogP contribution in [-0.2, 0) is 14.6 Å². The van der Waals surface area contributed by atoms with Crippen LogP contribution in [0.25, 0.3) is 0 Å². The van der Waals surface area contributed by atoms with Gasteiger partial charge in [0.25, 0.3) is 0 Å². The largest absolute Gasteiger partial charge is 0.357 e. The van der Waals surface area contributed by atoms with Crippen LogP contribution in [0.2, 0.25) is 0 Å². The highest BCUT2D eigenvalue weighted by Gasteiger charge is 2.10. The molecule has 0 fully saturated rings. The maximum atomic E-state index is 11.9. The standard InChI is InChI=1S/C15H25N5O3S/c1-4-17-15(19-12(2)7-9-24(3,22)23)18-11-14(21)20-13-6-5-8-16-10-13/h5-6,8,10,12H,4,7,9,11H2,1-3H3,(H,20,21)(H2,17,18,19). The first-order valence-corrected chi connectivity index (χ1v) is 9.78. The second-order valence-electron chi connectivity index (χ2n) is 5.45. The summed E-state index contributed by atoms with van der Waals surface area (Å²) in [6.07, 6.45) is 4.85. The summed E-state index contributed by atoms with van der Waals surface area (Å²) in [7, 11) is -3.00. The van der Waals surface area contributed by atoms with Gasteiger partial charge in [0.15, 0.2) is 5.96 Å². The predicted molar refractivity (Wildman–Crippen MR) is 95.8 cm³/mol. The van der Waals surface area contributed by atoms with E-state index in [1.54, 1.807) is 24.5 Å². The number of guanidine groups is 1. The van der Waals surface area contributed by atoms with E-state index in [0.717, 1.165) is 0 Å². The molecule has 1 unspecified atom stereocenters. The number of hydrogen-bond acceptors (Lipinski definition) is 5. The number of aliphatic imine (C=N–C) groups is 1. The predicted octanol–water partition coefficient (Wildman–Crippen LogP) is 0.398. The van der Waals surface area contributed by atoms with Gasteiger partial charge in [0, 0.05) is 25.0 Å². The summed E-state index contributed by atoms with van der Waals surface area (Å²) in [5.41, 5.74) is 0.609. The first kappa shape index (κ1) is 19.9. The number of nitrogens with one attached hydrogen (secondary N) is 3. The minimum absolute atomic E-state index is 0.0526. The van der Waals surface area contributed by atoms with Gasteiger partial charge in [-0.15, -0.1) is 0 Å². The van der Waals surface area contributed by atoms with E-state index in [-0.39, 0.29) is 24.2 Å². The number of pyridine rings is 1. The Morgan fingerprint density at radius 1 is 1.42 bits per heavy atom. The number of hydrogen-bond donors (Lipinski definition) is 3. The number of aromatic nitrogens is 1. The zero-order valence-electron chi connectivity index (χ0n) is 14.2. The Morgan fingerprint density at radius 2 is 2.17 bits per heavy atom. The Hall–Kier alpha value is -2.16. The van der Waals surface area contributed by atoms with Gasteiger partial charge in [0.1, 0.15) is 16.4 Å². The summed E-state index contributed by atoms with van der Waals surface area (Å²) in [6, 6.07) is 3.39. The van der Waals surface area contributed by atoms with Gasteiger partial charge in [-0.25, -0.2) is 13.4 Å². The molecule has 0 aliphatic heterocycles. The SMILES string of the molecule is CCNC(=NCC(=O)Nc1cccnc1)NC(C)CCS(C)(=O)=O. The molecule has 3 N–H and O–H groups in total. The number of anilines is 1. The van der Waals surface area contributed by atoms with Crippen molar-refractivity contribution in [2.75, 3.05) is 30.4 Å². The van der Waals surface area contributed by atoms with E-state index in [1.165, 1.54) is 6.26 Å². The molecule has 1 amide bonds. The Balaban J connectivity index is 2.53. The number of amides is 1. The van der Waals surface area contributed by atoms with Crippen LogP contribution in [-0.4, -0.2) is 56.4 Å². The molecule has 1 heterocycles. The highest BCUT2D eigenvalue weighted by atomic mass is 32.2.